The Kier molecular flexibility index (Phi) is 17.5. The lowest BCUT2D eigenvalue weighted by Gasteiger charge is -2.34. The van der Waals surface area contributed by atoms with Crippen LogP contribution in [0.4, 0.5) is 0 Å². The van der Waals surface area contributed by atoms with Crippen molar-refractivity contribution < 1.29 is 0 Å². The molecule has 0 spiro atoms. The highest BCUT2D eigenvalue weighted by atomic mass is 15.0. The van der Waals surface area contributed by atoms with Crippen LogP contribution in [0, 0.1) is 0 Å². The lowest BCUT2D eigenvalue weighted by atomic mass is 9.67. The Morgan fingerprint density at radius 2 is 0.470 bits per heavy atom. The van der Waals surface area contributed by atoms with Gasteiger partial charge in [0.25, 0.3) is 0 Å². The van der Waals surface area contributed by atoms with E-state index in [1.165, 1.54) is 231 Å². The summed E-state index contributed by atoms with van der Waals surface area (Å²) in [4.78, 5) is 0. The lowest BCUT2D eigenvalue weighted by Crippen LogP contribution is -2.29. The van der Waals surface area contributed by atoms with Crippen molar-refractivity contribution in [1.29, 1.82) is 0 Å². The summed E-state index contributed by atoms with van der Waals surface area (Å²) < 4.78 is 9.97. The number of aromatic nitrogens is 4. The maximum absolute atomic E-state index is 2.55. The third-order valence-electron chi connectivity index (χ3n) is 29.2. The molecule has 2 aliphatic rings. The van der Waals surface area contributed by atoms with Crippen molar-refractivity contribution in [2.45, 2.75) is 10.8 Å². The fraction of sp³-hybridized carbons (Fsp3) is 0.0154. The Bertz CT molecular complexity index is 9110. The maximum Gasteiger partial charge on any atom is 0.0734 e. The molecule has 4 heterocycles. The second kappa shape index (κ2) is 30.6. The van der Waals surface area contributed by atoms with Gasteiger partial charge in [-0.15, -0.1) is 0 Å². The number of para-hydroxylation sites is 2. The molecule has 0 amide bonds. The minimum absolute atomic E-state index is 0.507. The summed E-state index contributed by atoms with van der Waals surface area (Å²) in [5.74, 6) is 0. The Morgan fingerprint density at radius 3 is 0.925 bits per heavy atom. The van der Waals surface area contributed by atoms with Crippen molar-refractivity contribution in [2.24, 2.45) is 0 Å². The van der Waals surface area contributed by atoms with Crippen LogP contribution < -0.4 is 0 Å². The van der Waals surface area contributed by atoms with Gasteiger partial charge in [-0.05, 0) is 208 Å². The number of fused-ring (bicyclic) bond motifs is 22. The van der Waals surface area contributed by atoms with Gasteiger partial charge in [0.1, 0.15) is 0 Å². The summed E-state index contributed by atoms with van der Waals surface area (Å²) >= 11 is 0. The normalized spacial score (nSPS) is 12.9. The van der Waals surface area contributed by atoms with Crippen LogP contribution in [0.2, 0.25) is 0 Å². The highest BCUT2D eigenvalue weighted by molar-refractivity contribution is 6.20. The fourth-order valence-electron chi connectivity index (χ4n) is 23.5. The van der Waals surface area contributed by atoms with Gasteiger partial charge in [0, 0.05) is 76.4 Å². The van der Waals surface area contributed by atoms with E-state index in [9.17, 15) is 0 Å². The van der Waals surface area contributed by atoms with Gasteiger partial charge < -0.3 is 18.3 Å². The van der Waals surface area contributed by atoms with Gasteiger partial charge in [-0.2, -0.15) is 0 Å². The van der Waals surface area contributed by atoms with Crippen LogP contribution in [0.25, 0.3) is 198 Å². The molecule has 624 valence electrons. The highest BCUT2D eigenvalue weighted by Gasteiger charge is 2.50. The molecule has 28 rings (SSSR count). The van der Waals surface area contributed by atoms with Crippen LogP contribution in [0.15, 0.2) is 510 Å². The molecular weight excluding hydrogens is 1620 g/mol. The van der Waals surface area contributed by atoms with Gasteiger partial charge in [-0.25, -0.2) is 0 Å². The molecule has 134 heavy (non-hydrogen) atoms. The van der Waals surface area contributed by atoms with E-state index in [0.717, 1.165) is 11.4 Å². The van der Waals surface area contributed by atoms with Crippen molar-refractivity contribution in [3.05, 3.63) is 554 Å². The van der Waals surface area contributed by atoms with Crippen LogP contribution in [0.3, 0.4) is 0 Å². The smallest absolute Gasteiger partial charge is 0.0734 e. The molecule has 0 N–H and O–H groups in total. The largest absolute Gasteiger partial charge is 0.309 e. The Labute approximate surface area is 776 Å². The van der Waals surface area contributed by atoms with Crippen LogP contribution >= 0.6 is 0 Å². The molecule has 4 nitrogen and oxygen atoms in total. The number of benzene rings is 22. The van der Waals surface area contributed by atoms with Gasteiger partial charge in [0.05, 0.1) is 66.3 Å². The zero-order chi connectivity index (χ0) is 88.1. The number of hydrogen-bond donors (Lipinski definition) is 0. The van der Waals surface area contributed by atoms with Gasteiger partial charge >= 0.3 is 0 Å². The van der Waals surface area contributed by atoms with E-state index in [1.54, 1.807) is 0 Å². The molecular formula is C130H84N4. The Balaban J connectivity index is 0.000000136. The molecule has 2 aliphatic carbocycles. The Morgan fingerprint density at radius 1 is 0.157 bits per heavy atom. The Hall–Kier alpha value is -17.4. The van der Waals surface area contributed by atoms with Crippen molar-refractivity contribution >= 4 is 109 Å². The van der Waals surface area contributed by atoms with Gasteiger partial charge in [-0.3, -0.25) is 0 Å². The summed E-state index contributed by atoms with van der Waals surface area (Å²) in [6.07, 6.45) is 0. The molecule has 0 bridgehead atoms. The molecule has 0 radical (unpaired) electrons. The lowest BCUT2D eigenvalue weighted by molar-refractivity contribution is 0.769. The average molecular weight is 1700 g/mol. The first kappa shape index (κ1) is 76.6. The minimum Gasteiger partial charge on any atom is -0.309 e. The topological polar surface area (TPSA) is 19.7 Å². The van der Waals surface area contributed by atoms with Crippen molar-refractivity contribution in [1.82, 2.24) is 18.3 Å². The second-order valence-electron chi connectivity index (χ2n) is 35.9. The van der Waals surface area contributed by atoms with Crippen LogP contribution in [0.1, 0.15) is 44.5 Å². The highest BCUT2D eigenvalue weighted by Crippen LogP contribution is 2.62. The van der Waals surface area contributed by atoms with Crippen molar-refractivity contribution in [2.75, 3.05) is 0 Å². The van der Waals surface area contributed by atoms with Crippen LogP contribution in [0.5, 0.6) is 0 Å². The minimum atomic E-state index is -0.573. The van der Waals surface area contributed by atoms with E-state index >= 15 is 0 Å². The number of hydrogen-bond acceptors (Lipinski definition) is 0. The fourth-order valence-corrected chi connectivity index (χ4v) is 23.5. The monoisotopic (exact) mass is 1700 g/mol. The molecule has 0 aliphatic heterocycles. The van der Waals surface area contributed by atoms with Crippen LogP contribution in [-0.4, -0.2) is 18.3 Å². The zero-order valence-electron chi connectivity index (χ0n) is 73.3. The van der Waals surface area contributed by atoms with E-state index in [0.29, 0.717) is 0 Å². The van der Waals surface area contributed by atoms with Crippen molar-refractivity contribution in [3.8, 4) is 89.5 Å². The molecule has 0 atom stereocenters. The molecule has 4 aromatic heterocycles. The SMILES string of the molecule is c1ccc(-c2ccc(-n3c4ccc(-c5ccc6c(c5)c5ccccc5n6-c5cccc6ccccc56)cc4c4ccc5c(c43)-c3ccccc3C5(c3ccccc3)c3ccccc3)cc2)cc1.c1ccc(-c2ccc(-n3c4ccc(-c5ccc6c(c5)c5ccccc5n6-c5cccc6ccccc56)cc4c4ccc5c(c43)C(c3ccccc3)(c3ccccc3)c3ccccc3-5)cc2)cc1. The first-order chi connectivity index (χ1) is 66.5. The van der Waals surface area contributed by atoms with E-state index in [-0.39, 0.29) is 0 Å². The second-order valence-corrected chi connectivity index (χ2v) is 35.9. The standard InChI is InChI=1S/2C65H42N2/c1-4-17-43(18-5-1)44-31-35-50(36-32-44)66-61-39-33-47(46-34-40-62-55(41-46)52-26-13-15-29-60(52)67(62)59-30-16-20-45-19-10-11-25-51(45)59)42-56(61)53-37-38-58-63(64(53)66)54-27-12-14-28-57(54)65(58,48-21-6-2-7-22-48)49-23-8-3-9-24-49;1-4-17-43(18-5-1)44-31-35-50(36-32-44)66-61-39-33-47(46-34-40-62-56(41-46)53-27-13-15-29-60(53)67(62)59-30-16-20-45-19-10-11-25-51(45)59)42-57(61)55-38-37-54-52-26-12-14-28-58(52)65(63(54)64(55)66,48-21-6-2-7-22-48)49-23-8-3-9-24-49/h2*1-42H. The maximum atomic E-state index is 2.55. The summed E-state index contributed by atoms with van der Waals surface area (Å²) in [6, 6.07) is 189. The first-order valence-corrected chi connectivity index (χ1v) is 46.5. The number of rotatable bonds is 12. The molecule has 22 aromatic carbocycles. The predicted octanol–water partition coefficient (Wildman–Crippen LogP) is 33.5. The quantitative estimate of drug-likeness (QED) is 0.116. The summed E-state index contributed by atoms with van der Waals surface area (Å²) in [5, 5.41) is 14.9. The third kappa shape index (κ3) is 11.5. The number of nitrogens with zero attached hydrogens (tertiary/aromatic N) is 4. The molecule has 0 fully saturated rings. The molecule has 26 aromatic rings. The van der Waals surface area contributed by atoms with E-state index in [2.05, 4.69) is 528 Å². The summed E-state index contributed by atoms with van der Waals surface area (Å²) in [7, 11) is 0. The van der Waals surface area contributed by atoms with Gasteiger partial charge in [0.15, 0.2) is 0 Å². The summed E-state index contributed by atoms with van der Waals surface area (Å²) in [6.45, 7) is 0. The van der Waals surface area contributed by atoms with Crippen LogP contribution in [-0.2, 0) is 10.8 Å². The van der Waals surface area contributed by atoms with E-state index in [1.807, 2.05) is 0 Å². The third-order valence-corrected chi connectivity index (χ3v) is 29.2. The van der Waals surface area contributed by atoms with E-state index in [4.69, 9.17) is 0 Å². The van der Waals surface area contributed by atoms with E-state index < -0.39 is 10.8 Å². The first-order valence-electron chi connectivity index (χ1n) is 46.5. The molecule has 0 saturated heterocycles. The molecule has 0 saturated carbocycles. The van der Waals surface area contributed by atoms with Gasteiger partial charge in [0.2, 0.25) is 0 Å². The average Bonchev–Trinajstić information content (AvgIpc) is 1.51. The molecule has 4 heteroatoms. The zero-order valence-corrected chi connectivity index (χ0v) is 73.3. The predicted molar refractivity (Wildman–Crippen MR) is 562 cm³/mol. The van der Waals surface area contributed by atoms with Gasteiger partial charge in [-0.1, -0.05) is 413 Å². The summed E-state index contributed by atoms with van der Waals surface area (Å²) in [5.41, 5.74) is 38.2. The molecule has 0 unspecified atom stereocenters. The van der Waals surface area contributed by atoms with Crippen molar-refractivity contribution in [3.63, 3.8) is 0 Å².